The van der Waals surface area contributed by atoms with E-state index >= 15 is 0 Å². The first kappa shape index (κ1) is 22.0. The van der Waals surface area contributed by atoms with Crippen molar-refractivity contribution in [1.82, 2.24) is 15.1 Å². The second kappa shape index (κ2) is 10.2. The number of ether oxygens (including phenoxy) is 1. The van der Waals surface area contributed by atoms with E-state index in [1.54, 1.807) is 0 Å². The number of nitrogens with one attached hydrogen (secondary N) is 1. The van der Waals surface area contributed by atoms with Crippen molar-refractivity contribution < 1.29 is 9.53 Å². The molecule has 0 aliphatic carbocycles. The Hall–Kier alpha value is -0.0700. The maximum Gasteiger partial charge on any atom is 0.224 e. The van der Waals surface area contributed by atoms with Crippen LogP contribution < -0.4 is 5.32 Å². The molecule has 3 fully saturated rings. The van der Waals surface area contributed by atoms with Crippen LogP contribution in [0.3, 0.4) is 0 Å². The van der Waals surface area contributed by atoms with Gasteiger partial charge in [-0.1, -0.05) is 0 Å². The highest BCUT2D eigenvalue weighted by Gasteiger charge is 2.33. The highest BCUT2D eigenvalue weighted by molar-refractivity contribution is 5.85. The second-order valence-electron chi connectivity index (χ2n) is 7.36. The normalized spacial score (nSPS) is 33.8. The lowest BCUT2D eigenvalue weighted by Crippen LogP contribution is -2.51. The first-order valence-corrected chi connectivity index (χ1v) is 9.02. The molecule has 3 heterocycles. The van der Waals surface area contributed by atoms with E-state index in [4.69, 9.17) is 4.74 Å². The lowest BCUT2D eigenvalue weighted by Gasteiger charge is -2.38. The molecule has 3 aliphatic heterocycles. The molecule has 7 heteroatoms. The number of likely N-dealkylation sites (tertiary alicyclic amines) is 1. The molecule has 3 rings (SSSR count). The van der Waals surface area contributed by atoms with Gasteiger partial charge >= 0.3 is 0 Å². The van der Waals surface area contributed by atoms with Gasteiger partial charge in [-0.3, -0.25) is 9.69 Å². The zero-order valence-corrected chi connectivity index (χ0v) is 16.5. The molecule has 24 heavy (non-hydrogen) atoms. The molecule has 3 saturated heterocycles. The Bertz CT molecular complexity index is 384. The van der Waals surface area contributed by atoms with Gasteiger partial charge in [0.25, 0.3) is 0 Å². The summed E-state index contributed by atoms with van der Waals surface area (Å²) in [5.74, 6) is 0.358. The Morgan fingerprint density at radius 1 is 1.12 bits per heavy atom. The van der Waals surface area contributed by atoms with Gasteiger partial charge < -0.3 is 15.0 Å². The Morgan fingerprint density at radius 3 is 2.46 bits per heavy atom. The average Bonchev–Trinajstić information content (AvgIpc) is 3.08. The van der Waals surface area contributed by atoms with Crippen molar-refractivity contribution in [1.29, 1.82) is 0 Å². The van der Waals surface area contributed by atoms with E-state index < -0.39 is 0 Å². The Kier molecular flexibility index (Phi) is 9.31. The summed E-state index contributed by atoms with van der Waals surface area (Å²) < 4.78 is 5.81. The fourth-order valence-electron chi connectivity index (χ4n) is 4.34. The first-order chi connectivity index (χ1) is 10.6. The van der Waals surface area contributed by atoms with Gasteiger partial charge in [-0.25, -0.2) is 0 Å². The third kappa shape index (κ3) is 5.73. The summed E-state index contributed by atoms with van der Waals surface area (Å²) in [6.45, 7) is 9.32. The molecule has 4 unspecified atom stereocenters. The van der Waals surface area contributed by atoms with Gasteiger partial charge in [-0.2, -0.15) is 0 Å². The maximum atomic E-state index is 12.6. The molecule has 0 bridgehead atoms. The van der Waals surface area contributed by atoms with Gasteiger partial charge in [0.1, 0.15) is 0 Å². The van der Waals surface area contributed by atoms with E-state index in [9.17, 15) is 4.79 Å². The van der Waals surface area contributed by atoms with E-state index in [1.165, 1.54) is 6.42 Å². The van der Waals surface area contributed by atoms with Gasteiger partial charge in [0.15, 0.2) is 0 Å². The average molecular weight is 382 g/mol. The van der Waals surface area contributed by atoms with Crippen LogP contribution >= 0.6 is 24.8 Å². The number of amides is 1. The molecule has 4 atom stereocenters. The van der Waals surface area contributed by atoms with Gasteiger partial charge in [0.05, 0.1) is 12.2 Å². The number of carbonyl (C=O) groups excluding carboxylic acids is 1. The molecule has 0 saturated carbocycles. The fourth-order valence-corrected chi connectivity index (χ4v) is 4.34. The number of hydrogen-bond donors (Lipinski definition) is 1. The standard InChI is InChI=1S/C17H31N3O2.2ClH/c1-13-10-19(11-14(2)22-13)12-16-6-4-8-20(16)17(21)9-15-5-3-7-18-15;;/h13-16,18H,3-12H2,1-2H3;2*1H. The monoisotopic (exact) mass is 381 g/mol. The third-order valence-corrected chi connectivity index (χ3v) is 5.25. The van der Waals surface area contributed by atoms with Gasteiger partial charge in [-0.15, -0.1) is 24.8 Å². The summed E-state index contributed by atoms with van der Waals surface area (Å²) in [7, 11) is 0. The molecule has 3 aliphatic rings. The van der Waals surface area contributed by atoms with Crippen molar-refractivity contribution >= 4 is 30.7 Å². The summed E-state index contributed by atoms with van der Waals surface area (Å²) in [4.78, 5) is 17.3. The van der Waals surface area contributed by atoms with E-state index in [0.717, 1.165) is 52.0 Å². The van der Waals surface area contributed by atoms with Crippen molar-refractivity contribution in [2.45, 2.75) is 70.2 Å². The van der Waals surface area contributed by atoms with Crippen LogP contribution in [0.1, 0.15) is 46.0 Å². The molecule has 0 aromatic carbocycles. The van der Waals surface area contributed by atoms with Crippen molar-refractivity contribution in [2.75, 3.05) is 32.7 Å². The largest absolute Gasteiger partial charge is 0.373 e. The van der Waals surface area contributed by atoms with Crippen molar-refractivity contribution in [3.63, 3.8) is 0 Å². The molecule has 0 aromatic rings. The molecule has 1 N–H and O–H groups in total. The van der Waals surface area contributed by atoms with Crippen molar-refractivity contribution in [2.24, 2.45) is 0 Å². The second-order valence-corrected chi connectivity index (χ2v) is 7.36. The lowest BCUT2D eigenvalue weighted by molar-refractivity contribution is -0.133. The summed E-state index contributed by atoms with van der Waals surface area (Å²) in [6, 6.07) is 0.823. The van der Waals surface area contributed by atoms with Crippen LogP contribution in [0.15, 0.2) is 0 Å². The fraction of sp³-hybridized carbons (Fsp3) is 0.941. The Labute approximate surface area is 158 Å². The lowest BCUT2D eigenvalue weighted by atomic mass is 10.1. The predicted octanol–water partition coefficient (Wildman–Crippen LogP) is 2.07. The molecule has 0 spiro atoms. The minimum atomic E-state index is 0. The third-order valence-electron chi connectivity index (χ3n) is 5.25. The molecular formula is C17H33Cl2N3O2. The smallest absolute Gasteiger partial charge is 0.224 e. The minimum Gasteiger partial charge on any atom is -0.373 e. The number of hydrogen-bond acceptors (Lipinski definition) is 4. The predicted molar refractivity (Wildman–Crippen MR) is 101 cm³/mol. The van der Waals surface area contributed by atoms with E-state index in [2.05, 4.69) is 29.0 Å². The molecule has 0 radical (unpaired) electrons. The van der Waals surface area contributed by atoms with Crippen LogP contribution in [0.2, 0.25) is 0 Å². The van der Waals surface area contributed by atoms with Crippen LogP contribution in [0.4, 0.5) is 0 Å². The Morgan fingerprint density at radius 2 is 1.83 bits per heavy atom. The van der Waals surface area contributed by atoms with Crippen LogP contribution in [0, 0.1) is 0 Å². The van der Waals surface area contributed by atoms with Crippen LogP contribution in [-0.4, -0.2) is 72.7 Å². The van der Waals surface area contributed by atoms with Crippen LogP contribution in [0.5, 0.6) is 0 Å². The molecule has 142 valence electrons. The van der Waals surface area contributed by atoms with Gasteiger partial charge in [-0.05, 0) is 46.1 Å². The number of morpholine rings is 1. The highest BCUT2D eigenvalue weighted by Crippen LogP contribution is 2.22. The Balaban J connectivity index is 0.00000144. The molecule has 5 nitrogen and oxygen atoms in total. The quantitative estimate of drug-likeness (QED) is 0.809. The number of rotatable bonds is 4. The zero-order chi connectivity index (χ0) is 15.5. The van der Waals surface area contributed by atoms with Crippen molar-refractivity contribution in [3.8, 4) is 0 Å². The minimum absolute atomic E-state index is 0. The summed E-state index contributed by atoms with van der Waals surface area (Å²) in [5.41, 5.74) is 0. The molecule has 0 aromatic heterocycles. The van der Waals surface area contributed by atoms with E-state index in [-0.39, 0.29) is 24.8 Å². The molecule has 1 amide bonds. The first-order valence-electron chi connectivity index (χ1n) is 9.02. The van der Waals surface area contributed by atoms with Gasteiger partial charge in [0.2, 0.25) is 5.91 Å². The van der Waals surface area contributed by atoms with Gasteiger partial charge in [0, 0.05) is 44.7 Å². The SMILES string of the molecule is CC1CN(CC2CCCN2C(=O)CC2CCCN2)CC(C)O1.Cl.Cl. The summed E-state index contributed by atoms with van der Waals surface area (Å²) in [6.07, 6.45) is 5.97. The molecular weight excluding hydrogens is 349 g/mol. The van der Waals surface area contributed by atoms with Crippen LogP contribution in [-0.2, 0) is 9.53 Å². The topological polar surface area (TPSA) is 44.8 Å². The number of halogens is 2. The zero-order valence-electron chi connectivity index (χ0n) is 14.9. The summed E-state index contributed by atoms with van der Waals surface area (Å²) in [5, 5.41) is 3.44. The van der Waals surface area contributed by atoms with E-state index in [0.29, 0.717) is 36.6 Å². The van der Waals surface area contributed by atoms with E-state index in [1.807, 2.05) is 0 Å². The summed E-state index contributed by atoms with van der Waals surface area (Å²) >= 11 is 0. The van der Waals surface area contributed by atoms with Crippen LogP contribution in [0.25, 0.3) is 0 Å². The highest BCUT2D eigenvalue weighted by atomic mass is 35.5. The van der Waals surface area contributed by atoms with Crippen molar-refractivity contribution in [3.05, 3.63) is 0 Å². The number of carbonyl (C=O) groups is 1. The number of nitrogens with zero attached hydrogens (tertiary/aromatic N) is 2. The maximum absolute atomic E-state index is 12.6.